The minimum Gasteiger partial charge on any atom is -0.493 e. The van der Waals surface area contributed by atoms with E-state index in [1.165, 1.54) is 10.9 Å². The Hall–Kier alpha value is -2.25. The van der Waals surface area contributed by atoms with Gasteiger partial charge < -0.3 is 14.4 Å². The summed E-state index contributed by atoms with van der Waals surface area (Å²) in [5, 5.41) is 4.34. The number of aromatic nitrogens is 2. The van der Waals surface area contributed by atoms with E-state index in [0.29, 0.717) is 17.3 Å². The molecular formula is C18H23ClN4O3. The third-order valence-corrected chi connectivity index (χ3v) is 4.77. The van der Waals surface area contributed by atoms with Crippen LogP contribution in [0.3, 0.4) is 0 Å². The second-order valence-electron chi connectivity index (χ2n) is 6.10. The number of hydrogen-bond acceptors (Lipinski definition) is 6. The summed E-state index contributed by atoms with van der Waals surface area (Å²) in [7, 11) is 3.27. The number of rotatable bonds is 6. The number of nitrogens with zero attached hydrogens (tertiary/aromatic N) is 4. The highest BCUT2D eigenvalue weighted by molar-refractivity contribution is 6.33. The molecule has 26 heavy (non-hydrogen) atoms. The number of halogens is 1. The molecule has 1 fully saturated rings. The van der Waals surface area contributed by atoms with Crippen molar-refractivity contribution in [1.29, 1.82) is 0 Å². The first-order chi connectivity index (χ1) is 12.6. The number of ether oxygens (including phenoxy) is 2. The summed E-state index contributed by atoms with van der Waals surface area (Å²) in [6.07, 6.45) is 1.52. The molecule has 2 aromatic rings. The van der Waals surface area contributed by atoms with Crippen molar-refractivity contribution in [2.75, 3.05) is 51.3 Å². The molecule has 0 spiro atoms. The van der Waals surface area contributed by atoms with Crippen molar-refractivity contribution in [3.8, 4) is 11.5 Å². The highest BCUT2D eigenvalue weighted by atomic mass is 35.5. The number of hydrogen-bond donors (Lipinski definition) is 0. The van der Waals surface area contributed by atoms with Gasteiger partial charge in [0.15, 0.2) is 11.5 Å². The summed E-state index contributed by atoms with van der Waals surface area (Å²) in [4.78, 5) is 16.6. The predicted octanol–water partition coefficient (Wildman–Crippen LogP) is 1.64. The van der Waals surface area contributed by atoms with Crippen LogP contribution in [0.4, 0.5) is 5.69 Å². The minimum absolute atomic E-state index is 0.162. The van der Waals surface area contributed by atoms with E-state index < -0.39 is 0 Å². The van der Waals surface area contributed by atoms with Gasteiger partial charge in [0.25, 0.3) is 5.56 Å². The highest BCUT2D eigenvalue weighted by Crippen LogP contribution is 2.25. The Morgan fingerprint density at radius 1 is 1.15 bits per heavy atom. The predicted molar refractivity (Wildman–Crippen MR) is 102 cm³/mol. The van der Waals surface area contributed by atoms with Gasteiger partial charge in [-0.25, -0.2) is 4.68 Å². The van der Waals surface area contributed by atoms with Gasteiger partial charge in [-0.05, 0) is 12.1 Å². The Kier molecular flexibility index (Phi) is 6.00. The summed E-state index contributed by atoms with van der Waals surface area (Å²) in [6, 6.07) is 7.63. The number of para-hydroxylation sites is 2. The largest absolute Gasteiger partial charge is 0.493 e. The molecule has 0 bridgehead atoms. The van der Waals surface area contributed by atoms with Crippen molar-refractivity contribution in [2.45, 2.75) is 0 Å². The summed E-state index contributed by atoms with van der Waals surface area (Å²) >= 11 is 6.19. The van der Waals surface area contributed by atoms with Crippen molar-refractivity contribution in [1.82, 2.24) is 14.7 Å². The van der Waals surface area contributed by atoms with E-state index in [4.69, 9.17) is 21.1 Å². The van der Waals surface area contributed by atoms with Gasteiger partial charge in [0, 0.05) is 39.8 Å². The number of methoxy groups -OCH3 is 1. The smallest absolute Gasteiger partial charge is 0.291 e. The highest BCUT2D eigenvalue weighted by Gasteiger charge is 2.22. The summed E-state index contributed by atoms with van der Waals surface area (Å²) < 4.78 is 12.4. The lowest BCUT2D eigenvalue weighted by molar-refractivity contribution is 0.196. The van der Waals surface area contributed by atoms with Crippen LogP contribution in [0.25, 0.3) is 0 Å². The molecular weight excluding hydrogens is 356 g/mol. The topological polar surface area (TPSA) is 59.8 Å². The van der Waals surface area contributed by atoms with E-state index in [1.54, 1.807) is 14.2 Å². The SMILES string of the molecule is COc1ccccc1OCCN1CCN(c2c(Cl)cnn(C)c2=O)CC1. The van der Waals surface area contributed by atoms with E-state index in [2.05, 4.69) is 10.00 Å². The molecule has 7 nitrogen and oxygen atoms in total. The maximum absolute atomic E-state index is 12.3. The van der Waals surface area contributed by atoms with E-state index >= 15 is 0 Å². The first kappa shape index (κ1) is 18.5. The lowest BCUT2D eigenvalue weighted by Gasteiger charge is -2.35. The van der Waals surface area contributed by atoms with Crippen LogP contribution in [0.15, 0.2) is 35.3 Å². The van der Waals surface area contributed by atoms with E-state index in [-0.39, 0.29) is 5.56 Å². The van der Waals surface area contributed by atoms with Crippen molar-refractivity contribution in [3.05, 3.63) is 45.8 Å². The first-order valence-electron chi connectivity index (χ1n) is 8.55. The molecule has 0 aliphatic carbocycles. The normalized spacial score (nSPS) is 15.1. The Balaban J connectivity index is 1.52. The molecule has 2 heterocycles. The zero-order valence-electron chi connectivity index (χ0n) is 15.0. The van der Waals surface area contributed by atoms with Crippen LogP contribution in [0.2, 0.25) is 5.02 Å². The Morgan fingerprint density at radius 2 is 1.85 bits per heavy atom. The molecule has 1 aromatic heterocycles. The molecule has 0 amide bonds. The number of aryl methyl sites for hydroxylation is 1. The van der Waals surface area contributed by atoms with Gasteiger partial charge in [-0.15, -0.1) is 0 Å². The van der Waals surface area contributed by atoms with E-state index in [0.717, 1.165) is 44.2 Å². The van der Waals surface area contributed by atoms with Crippen LogP contribution < -0.4 is 19.9 Å². The third-order valence-electron chi connectivity index (χ3n) is 4.49. The summed E-state index contributed by atoms with van der Waals surface area (Å²) in [6.45, 7) is 4.57. The van der Waals surface area contributed by atoms with Crippen molar-refractivity contribution in [2.24, 2.45) is 7.05 Å². The van der Waals surface area contributed by atoms with Crippen molar-refractivity contribution < 1.29 is 9.47 Å². The molecule has 0 N–H and O–H groups in total. The fraction of sp³-hybridized carbons (Fsp3) is 0.444. The molecule has 3 rings (SSSR count). The maximum atomic E-state index is 12.3. The Labute approximate surface area is 157 Å². The Morgan fingerprint density at radius 3 is 2.54 bits per heavy atom. The first-order valence-corrected chi connectivity index (χ1v) is 8.93. The lowest BCUT2D eigenvalue weighted by atomic mass is 10.3. The average Bonchev–Trinajstić information content (AvgIpc) is 2.67. The second-order valence-corrected chi connectivity index (χ2v) is 6.51. The van der Waals surface area contributed by atoms with Crippen molar-refractivity contribution >= 4 is 17.3 Å². The lowest BCUT2D eigenvalue weighted by Crippen LogP contribution is -2.49. The zero-order valence-corrected chi connectivity index (χ0v) is 15.8. The second kappa shape index (κ2) is 8.42. The standard InChI is InChI=1S/C18H23ClN4O3/c1-21-18(24)17(14(19)13-20-21)23-9-7-22(8-10-23)11-12-26-16-6-4-3-5-15(16)25-2/h3-6,13H,7-12H2,1-2H3. The van der Waals surface area contributed by atoms with Gasteiger partial charge in [0.1, 0.15) is 12.3 Å². The molecule has 1 aromatic carbocycles. The quantitative estimate of drug-likeness (QED) is 0.761. The number of piperazine rings is 1. The molecule has 8 heteroatoms. The van der Waals surface area contributed by atoms with E-state index in [9.17, 15) is 4.79 Å². The van der Waals surface area contributed by atoms with Gasteiger partial charge in [0.05, 0.1) is 18.3 Å². The van der Waals surface area contributed by atoms with Crippen molar-refractivity contribution in [3.63, 3.8) is 0 Å². The summed E-state index contributed by atoms with van der Waals surface area (Å²) in [5.74, 6) is 1.49. The molecule has 0 saturated carbocycles. The molecule has 1 saturated heterocycles. The molecule has 140 valence electrons. The van der Waals surface area contributed by atoms with Crippen LogP contribution >= 0.6 is 11.6 Å². The molecule has 1 aliphatic rings. The van der Waals surface area contributed by atoms with Crippen LogP contribution in [0.1, 0.15) is 0 Å². The molecule has 0 atom stereocenters. The monoisotopic (exact) mass is 378 g/mol. The Bertz CT molecular complexity index is 803. The third kappa shape index (κ3) is 4.11. The maximum Gasteiger partial charge on any atom is 0.291 e. The van der Waals surface area contributed by atoms with Gasteiger partial charge in [0.2, 0.25) is 0 Å². The number of anilines is 1. The fourth-order valence-electron chi connectivity index (χ4n) is 3.01. The summed E-state index contributed by atoms with van der Waals surface area (Å²) in [5.41, 5.74) is 0.375. The van der Waals surface area contributed by atoms with Gasteiger partial charge >= 0.3 is 0 Å². The molecule has 0 unspecified atom stereocenters. The molecule has 1 aliphatic heterocycles. The number of benzene rings is 1. The zero-order chi connectivity index (χ0) is 18.5. The van der Waals surface area contributed by atoms with Crippen LogP contribution in [-0.4, -0.2) is 61.1 Å². The van der Waals surface area contributed by atoms with Gasteiger partial charge in [-0.3, -0.25) is 9.69 Å². The average molecular weight is 379 g/mol. The van der Waals surface area contributed by atoms with Crippen LogP contribution in [0.5, 0.6) is 11.5 Å². The fourth-order valence-corrected chi connectivity index (χ4v) is 3.25. The van der Waals surface area contributed by atoms with Gasteiger partial charge in [-0.1, -0.05) is 23.7 Å². The van der Waals surface area contributed by atoms with Crippen LogP contribution in [-0.2, 0) is 7.05 Å². The van der Waals surface area contributed by atoms with E-state index in [1.807, 2.05) is 29.2 Å². The molecule has 0 radical (unpaired) electrons. The van der Waals surface area contributed by atoms with Crippen LogP contribution in [0, 0.1) is 0 Å². The minimum atomic E-state index is -0.162. The van der Waals surface area contributed by atoms with Gasteiger partial charge in [-0.2, -0.15) is 5.10 Å².